The summed E-state index contributed by atoms with van der Waals surface area (Å²) in [5.41, 5.74) is -0.389. The maximum absolute atomic E-state index is 11.8. The van der Waals surface area contributed by atoms with E-state index in [9.17, 15) is 4.79 Å². The predicted octanol–water partition coefficient (Wildman–Crippen LogP) is 1.98. The first-order valence-electron chi connectivity index (χ1n) is 5.52. The van der Waals surface area contributed by atoms with Crippen LogP contribution in [0.2, 0.25) is 0 Å². The Kier molecular flexibility index (Phi) is 3.91. The summed E-state index contributed by atoms with van der Waals surface area (Å²) in [6.07, 6.45) is 3.81. The van der Waals surface area contributed by atoms with Gasteiger partial charge in [-0.2, -0.15) is 0 Å². The van der Waals surface area contributed by atoms with Gasteiger partial charge in [0, 0.05) is 6.54 Å². The van der Waals surface area contributed by atoms with Crippen LogP contribution in [0.5, 0.6) is 0 Å². The lowest BCUT2D eigenvalue weighted by atomic mass is 10.1. The maximum atomic E-state index is 11.8. The molecule has 0 aromatic rings. The van der Waals surface area contributed by atoms with Gasteiger partial charge < -0.3 is 4.74 Å². The molecule has 1 aliphatic rings. The van der Waals surface area contributed by atoms with Crippen molar-refractivity contribution in [3.63, 3.8) is 0 Å². The first-order valence-corrected chi connectivity index (χ1v) is 5.52. The molecule has 15 heavy (non-hydrogen) atoms. The average Bonchev–Trinajstić information content (AvgIpc) is 2.49. The number of esters is 1. The van der Waals surface area contributed by atoms with Crippen molar-refractivity contribution >= 4 is 5.97 Å². The first kappa shape index (κ1) is 12.2. The molecule has 0 aliphatic carbocycles. The largest absolute Gasteiger partial charge is 0.459 e. The number of likely N-dealkylation sites (tertiary alicyclic amines) is 1. The number of hydrogen-bond acceptors (Lipinski definition) is 3. The minimum Gasteiger partial charge on any atom is -0.459 e. The Labute approximate surface area is 92.1 Å². The second kappa shape index (κ2) is 4.79. The Balaban J connectivity index is 2.54. The minimum absolute atomic E-state index is 0.0674. The Morgan fingerprint density at radius 3 is 2.80 bits per heavy atom. The monoisotopic (exact) mass is 211 g/mol. The van der Waals surface area contributed by atoms with Gasteiger partial charge in [0.15, 0.2) is 0 Å². The Bertz CT molecular complexity index is 242. The van der Waals surface area contributed by atoms with E-state index in [4.69, 9.17) is 4.74 Å². The van der Waals surface area contributed by atoms with E-state index in [0.29, 0.717) is 0 Å². The number of rotatable bonds is 3. The quantitative estimate of drug-likeness (QED) is 0.528. The zero-order valence-electron chi connectivity index (χ0n) is 9.95. The van der Waals surface area contributed by atoms with E-state index in [-0.39, 0.29) is 17.6 Å². The topological polar surface area (TPSA) is 29.5 Å². The summed E-state index contributed by atoms with van der Waals surface area (Å²) in [5.74, 6) is -0.0955. The molecule has 0 bridgehead atoms. The number of carbonyl (C=O) groups is 1. The van der Waals surface area contributed by atoms with Crippen LogP contribution in [0.3, 0.4) is 0 Å². The second-order valence-corrected chi connectivity index (χ2v) is 4.98. The van der Waals surface area contributed by atoms with Crippen molar-refractivity contribution in [1.29, 1.82) is 0 Å². The van der Waals surface area contributed by atoms with E-state index in [1.54, 1.807) is 0 Å². The third-order valence-electron chi connectivity index (χ3n) is 2.41. The molecular formula is C12H21NO2. The van der Waals surface area contributed by atoms with Gasteiger partial charge in [0.05, 0.1) is 0 Å². The van der Waals surface area contributed by atoms with Crippen LogP contribution in [0, 0.1) is 0 Å². The van der Waals surface area contributed by atoms with Crippen LogP contribution in [0.1, 0.15) is 33.6 Å². The van der Waals surface area contributed by atoms with E-state index < -0.39 is 0 Å². The molecular weight excluding hydrogens is 190 g/mol. The van der Waals surface area contributed by atoms with Gasteiger partial charge in [-0.1, -0.05) is 6.08 Å². The van der Waals surface area contributed by atoms with Gasteiger partial charge in [-0.25, -0.2) is 0 Å². The van der Waals surface area contributed by atoms with Gasteiger partial charge >= 0.3 is 5.97 Å². The third-order valence-corrected chi connectivity index (χ3v) is 2.41. The van der Waals surface area contributed by atoms with Crippen molar-refractivity contribution in [2.24, 2.45) is 0 Å². The predicted molar refractivity (Wildman–Crippen MR) is 60.6 cm³/mol. The molecule has 1 fully saturated rings. The molecule has 86 valence electrons. The molecule has 3 heteroatoms. The summed E-state index contributed by atoms with van der Waals surface area (Å²) in [6.45, 7) is 11.1. The zero-order valence-corrected chi connectivity index (χ0v) is 9.95. The van der Waals surface area contributed by atoms with E-state index in [0.717, 1.165) is 25.9 Å². The molecule has 0 aromatic heterocycles. The molecule has 3 nitrogen and oxygen atoms in total. The van der Waals surface area contributed by atoms with Crippen molar-refractivity contribution in [1.82, 2.24) is 4.90 Å². The van der Waals surface area contributed by atoms with Gasteiger partial charge in [-0.3, -0.25) is 9.69 Å². The summed E-state index contributed by atoms with van der Waals surface area (Å²) in [7, 11) is 0. The lowest BCUT2D eigenvalue weighted by Gasteiger charge is -2.26. The van der Waals surface area contributed by atoms with Crippen LogP contribution < -0.4 is 0 Å². The van der Waals surface area contributed by atoms with Crippen LogP contribution in [0.25, 0.3) is 0 Å². The Hall–Kier alpha value is -0.830. The molecule has 0 radical (unpaired) electrons. The fourth-order valence-corrected chi connectivity index (χ4v) is 1.85. The molecule has 0 N–H and O–H groups in total. The van der Waals surface area contributed by atoms with Crippen molar-refractivity contribution in [3.8, 4) is 0 Å². The fourth-order valence-electron chi connectivity index (χ4n) is 1.85. The van der Waals surface area contributed by atoms with Gasteiger partial charge in [-0.05, 0) is 40.2 Å². The fraction of sp³-hybridized carbons (Fsp3) is 0.750. The Morgan fingerprint density at radius 1 is 1.60 bits per heavy atom. The van der Waals surface area contributed by atoms with Gasteiger partial charge in [-0.15, -0.1) is 6.58 Å². The lowest BCUT2D eigenvalue weighted by molar-refractivity contribution is -0.160. The maximum Gasteiger partial charge on any atom is 0.323 e. The zero-order chi connectivity index (χ0) is 11.5. The highest BCUT2D eigenvalue weighted by molar-refractivity contribution is 5.76. The highest BCUT2D eigenvalue weighted by Crippen LogP contribution is 2.20. The molecule has 0 saturated carbocycles. The molecule has 1 atom stereocenters. The molecule has 1 heterocycles. The van der Waals surface area contributed by atoms with E-state index >= 15 is 0 Å². The highest BCUT2D eigenvalue weighted by atomic mass is 16.6. The number of ether oxygens (including phenoxy) is 1. The van der Waals surface area contributed by atoms with E-state index in [1.165, 1.54) is 0 Å². The molecule has 1 saturated heterocycles. The number of nitrogens with zero attached hydrogens (tertiary/aromatic N) is 1. The van der Waals surface area contributed by atoms with Crippen molar-refractivity contribution < 1.29 is 9.53 Å². The molecule has 0 unspecified atom stereocenters. The normalized spacial score (nSPS) is 22.7. The minimum atomic E-state index is -0.389. The molecule has 1 rings (SSSR count). The lowest BCUT2D eigenvalue weighted by Crippen LogP contribution is -2.40. The van der Waals surface area contributed by atoms with E-state index in [2.05, 4.69) is 11.5 Å². The van der Waals surface area contributed by atoms with Crippen molar-refractivity contribution in [3.05, 3.63) is 12.7 Å². The van der Waals surface area contributed by atoms with Crippen LogP contribution in [-0.2, 0) is 9.53 Å². The summed E-state index contributed by atoms with van der Waals surface area (Å²) in [6, 6.07) is -0.0674. The van der Waals surface area contributed by atoms with Gasteiger partial charge in [0.2, 0.25) is 0 Å². The van der Waals surface area contributed by atoms with Crippen molar-refractivity contribution in [2.75, 3.05) is 13.1 Å². The van der Waals surface area contributed by atoms with Crippen LogP contribution in [-0.4, -0.2) is 35.6 Å². The summed E-state index contributed by atoms with van der Waals surface area (Å²) < 4.78 is 5.38. The summed E-state index contributed by atoms with van der Waals surface area (Å²) >= 11 is 0. The second-order valence-electron chi connectivity index (χ2n) is 4.98. The Morgan fingerprint density at radius 2 is 2.27 bits per heavy atom. The van der Waals surface area contributed by atoms with Crippen molar-refractivity contribution in [2.45, 2.75) is 45.3 Å². The highest BCUT2D eigenvalue weighted by Gasteiger charge is 2.33. The molecule has 0 amide bonds. The van der Waals surface area contributed by atoms with Crippen LogP contribution >= 0.6 is 0 Å². The standard InChI is InChI=1S/C12H21NO2/c1-5-8-13-9-6-7-10(13)11(14)15-12(2,3)4/h5,10H,1,6-9H2,2-4H3/t10-/m1/s1. The molecule has 0 spiro atoms. The summed E-state index contributed by atoms with van der Waals surface area (Å²) in [4.78, 5) is 14.0. The average molecular weight is 211 g/mol. The van der Waals surface area contributed by atoms with E-state index in [1.807, 2.05) is 26.8 Å². The molecule has 1 aliphatic heterocycles. The summed E-state index contributed by atoms with van der Waals surface area (Å²) in [5, 5.41) is 0. The SMILES string of the molecule is C=CCN1CCC[C@@H]1C(=O)OC(C)(C)C. The van der Waals surface area contributed by atoms with Gasteiger partial charge in [0.1, 0.15) is 11.6 Å². The smallest absolute Gasteiger partial charge is 0.323 e. The number of carbonyl (C=O) groups excluding carboxylic acids is 1. The third kappa shape index (κ3) is 3.67. The van der Waals surface area contributed by atoms with Crippen LogP contribution in [0.4, 0.5) is 0 Å². The molecule has 0 aromatic carbocycles. The first-order chi connectivity index (χ1) is 6.94. The number of hydrogen-bond donors (Lipinski definition) is 0. The van der Waals surface area contributed by atoms with Crippen LogP contribution in [0.15, 0.2) is 12.7 Å². The van der Waals surface area contributed by atoms with Gasteiger partial charge in [0.25, 0.3) is 0 Å².